The van der Waals surface area contributed by atoms with Crippen LogP contribution in [-0.4, -0.2) is 17.9 Å². The molecule has 2 aromatic carbocycles. The summed E-state index contributed by atoms with van der Waals surface area (Å²) in [6.07, 6.45) is 15.5. The van der Waals surface area contributed by atoms with E-state index >= 15 is 0 Å². The maximum absolute atomic E-state index is 13.5. The van der Waals surface area contributed by atoms with Gasteiger partial charge in [0.05, 0.1) is 5.56 Å². The van der Waals surface area contributed by atoms with Crippen LogP contribution < -0.4 is 0 Å². The van der Waals surface area contributed by atoms with Gasteiger partial charge in [0, 0.05) is 11.1 Å². The van der Waals surface area contributed by atoms with E-state index in [0.29, 0.717) is 33.4 Å². The van der Waals surface area contributed by atoms with E-state index in [1.807, 2.05) is 30.3 Å². The van der Waals surface area contributed by atoms with Gasteiger partial charge in [-0.05, 0) is 116 Å². The normalized spacial score (nSPS) is 35.3. The average molecular weight is 597 g/mol. The summed E-state index contributed by atoms with van der Waals surface area (Å²) >= 11 is 0. The number of esters is 1. The lowest BCUT2D eigenvalue weighted by Gasteiger charge is -2.61. The highest BCUT2D eigenvalue weighted by Gasteiger charge is 2.60. The number of carbonyl (C=O) groups is 2. The first-order valence-corrected chi connectivity index (χ1v) is 18.0. The zero-order valence-corrected chi connectivity index (χ0v) is 28.0. The lowest BCUT2D eigenvalue weighted by atomic mass is 9.44. The molecule has 3 heteroatoms. The molecule has 9 atom stereocenters. The van der Waals surface area contributed by atoms with Gasteiger partial charge in [0.25, 0.3) is 0 Å². The lowest BCUT2D eigenvalue weighted by Crippen LogP contribution is -2.54. The molecule has 4 aliphatic carbocycles. The summed E-state index contributed by atoms with van der Waals surface area (Å²) in [5.74, 6) is 5.30. The third-order valence-electron chi connectivity index (χ3n) is 13.5. The minimum absolute atomic E-state index is 0.0617. The number of ether oxygens (including phenoxy) is 1. The number of carbonyl (C=O) groups excluding carboxylic acids is 2. The van der Waals surface area contributed by atoms with Gasteiger partial charge in [0.2, 0.25) is 0 Å². The summed E-state index contributed by atoms with van der Waals surface area (Å²) in [6, 6.07) is 16.4. The van der Waals surface area contributed by atoms with Crippen LogP contribution in [0.3, 0.4) is 0 Å². The summed E-state index contributed by atoms with van der Waals surface area (Å²) in [5, 5.41) is 0. The zero-order chi connectivity index (χ0) is 31.1. The van der Waals surface area contributed by atoms with E-state index in [1.54, 1.807) is 24.3 Å². The van der Waals surface area contributed by atoms with Gasteiger partial charge >= 0.3 is 5.97 Å². The third-order valence-corrected chi connectivity index (χ3v) is 13.5. The van der Waals surface area contributed by atoms with Crippen molar-refractivity contribution >= 4 is 11.8 Å². The van der Waals surface area contributed by atoms with Crippen LogP contribution in [0.15, 0.2) is 54.6 Å². The van der Waals surface area contributed by atoms with Crippen LogP contribution in [0.5, 0.6) is 0 Å². The van der Waals surface area contributed by atoms with Crippen molar-refractivity contribution in [1.29, 1.82) is 0 Å². The van der Waals surface area contributed by atoms with Crippen LogP contribution in [0.1, 0.15) is 138 Å². The molecule has 0 amide bonds. The highest BCUT2D eigenvalue weighted by atomic mass is 16.5. The molecular weight excluding hydrogens is 540 g/mol. The van der Waals surface area contributed by atoms with Gasteiger partial charge in [-0.3, -0.25) is 4.79 Å². The zero-order valence-electron chi connectivity index (χ0n) is 28.0. The fourth-order valence-corrected chi connectivity index (χ4v) is 11.2. The topological polar surface area (TPSA) is 43.4 Å². The highest BCUT2D eigenvalue weighted by Crippen LogP contribution is 2.68. The number of hydrogen-bond acceptors (Lipinski definition) is 3. The second-order valence-corrected chi connectivity index (χ2v) is 16.2. The Hall–Kier alpha value is -2.42. The quantitative estimate of drug-likeness (QED) is 0.214. The molecule has 2 aromatic rings. The van der Waals surface area contributed by atoms with E-state index in [1.165, 1.54) is 57.8 Å². The standard InChI is InChI=1S/C41H56O3/c1-27(2)12-11-13-28(3)35-20-21-36-34-19-18-30-26-31(22-24-40(30,4)37(34)23-25-41(35,36)5)44-39(43)33-17-10-9-16-32(33)38(42)29-14-7-6-8-15-29/h6-10,14-17,27-28,30-31,34-37H,11-13,18-26H2,1-5H3/t28-,30+,31-,34+,35-,36+,37+,40+,41-/m1/s1. The van der Waals surface area contributed by atoms with Gasteiger partial charge in [0.15, 0.2) is 5.78 Å². The molecule has 0 radical (unpaired) electrons. The fraction of sp³-hybridized carbons (Fsp3) is 0.659. The Morgan fingerprint density at radius 2 is 1.45 bits per heavy atom. The highest BCUT2D eigenvalue weighted by molar-refractivity contribution is 6.14. The summed E-state index contributed by atoms with van der Waals surface area (Å²) in [5.41, 5.74) is 2.29. The van der Waals surface area contributed by atoms with Gasteiger partial charge in [-0.2, -0.15) is 0 Å². The van der Waals surface area contributed by atoms with Crippen molar-refractivity contribution in [3.05, 3.63) is 71.3 Å². The van der Waals surface area contributed by atoms with Crippen molar-refractivity contribution in [1.82, 2.24) is 0 Å². The number of hydrogen-bond donors (Lipinski definition) is 0. The van der Waals surface area contributed by atoms with Crippen molar-refractivity contribution in [3.63, 3.8) is 0 Å². The van der Waals surface area contributed by atoms with Crippen LogP contribution >= 0.6 is 0 Å². The summed E-state index contributed by atoms with van der Waals surface area (Å²) in [7, 11) is 0. The Bertz CT molecular complexity index is 1310. The second kappa shape index (κ2) is 12.8. The maximum Gasteiger partial charge on any atom is 0.339 e. The minimum atomic E-state index is -0.347. The molecule has 4 fully saturated rings. The van der Waals surface area contributed by atoms with Crippen LogP contribution in [0.25, 0.3) is 0 Å². The van der Waals surface area contributed by atoms with Crippen molar-refractivity contribution < 1.29 is 14.3 Å². The first-order chi connectivity index (χ1) is 21.1. The number of benzene rings is 2. The Morgan fingerprint density at radius 1 is 0.773 bits per heavy atom. The smallest absolute Gasteiger partial charge is 0.339 e. The average Bonchev–Trinajstić information content (AvgIpc) is 3.38. The fourth-order valence-electron chi connectivity index (χ4n) is 11.2. The summed E-state index contributed by atoms with van der Waals surface area (Å²) < 4.78 is 6.22. The van der Waals surface area contributed by atoms with Gasteiger partial charge in [-0.15, -0.1) is 0 Å². The molecule has 0 N–H and O–H groups in total. The molecule has 6 rings (SSSR count). The van der Waals surface area contributed by atoms with Crippen molar-refractivity contribution in [2.75, 3.05) is 0 Å². The molecule has 3 nitrogen and oxygen atoms in total. The monoisotopic (exact) mass is 596 g/mol. The molecule has 0 aliphatic heterocycles. The number of ketones is 1. The van der Waals surface area contributed by atoms with Gasteiger partial charge in [-0.25, -0.2) is 4.79 Å². The van der Waals surface area contributed by atoms with Crippen molar-refractivity contribution in [3.8, 4) is 0 Å². The summed E-state index contributed by atoms with van der Waals surface area (Å²) in [6.45, 7) is 12.6. The molecular formula is C41H56O3. The number of rotatable bonds is 9. The van der Waals surface area contributed by atoms with Crippen LogP contribution in [0.2, 0.25) is 0 Å². The van der Waals surface area contributed by atoms with E-state index in [9.17, 15) is 9.59 Å². The molecule has 0 aromatic heterocycles. The van der Waals surface area contributed by atoms with Crippen LogP contribution in [0.4, 0.5) is 0 Å². The Kier molecular flexibility index (Phi) is 9.15. The van der Waals surface area contributed by atoms with Crippen LogP contribution in [-0.2, 0) is 4.74 Å². The Morgan fingerprint density at radius 3 is 2.20 bits per heavy atom. The number of fused-ring (bicyclic) bond motifs is 5. The molecule has 0 bridgehead atoms. The SMILES string of the molecule is CC(C)CCC[C@@H](C)[C@H]1CC[C@H]2[C@@H]3CC[C@H]4C[C@H](OC(=O)c5ccccc5C(=O)c5ccccc5)CC[C@]4(C)[C@H]3CC[C@]12C. The van der Waals surface area contributed by atoms with Gasteiger partial charge in [0.1, 0.15) is 6.10 Å². The summed E-state index contributed by atoms with van der Waals surface area (Å²) in [4.78, 5) is 26.8. The first kappa shape index (κ1) is 31.6. The molecule has 4 aliphatic rings. The molecule has 4 saturated carbocycles. The van der Waals surface area contributed by atoms with E-state index in [4.69, 9.17) is 4.74 Å². The van der Waals surface area contributed by atoms with E-state index < -0.39 is 0 Å². The van der Waals surface area contributed by atoms with Crippen molar-refractivity contribution in [2.24, 2.45) is 52.3 Å². The minimum Gasteiger partial charge on any atom is -0.459 e. The molecule has 44 heavy (non-hydrogen) atoms. The Balaban J connectivity index is 1.10. The molecule has 0 saturated heterocycles. The molecule has 0 unspecified atom stereocenters. The molecule has 238 valence electrons. The molecule has 0 spiro atoms. The predicted molar refractivity (Wildman–Crippen MR) is 179 cm³/mol. The Labute approximate surface area is 266 Å². The lowest BCUT2D eigenvalue weighted by molar-refractivity contribution is -0.130. The first-order valence-electron chi connectivity index (χ1n) is 18.0. The van der Waals surface area contributed by atoms with Gasteiger partial charge in [-0.1, -0.05) is 102 Å². The third kappa shape index (κ3) is 5.82. The van der Waals surface area contributed by atoms with E-state index in [-0.39, 0.29) is 17.9 Å². The van der Waals surface area contributed by atoms with E-state index in [2.05, 4.69) is 34.6 Å². The maximum atomic E-state index is 13.5. The van der Waals surface area contributed by atoms with Crippen LogP contribution in [0, 0.1) is 52.3 Å². The molecule has 0 heterocycles. The predicted octanol–water partition coefficient (Wildman–Crippen LogP) is 10.6. The largest absolute Gasteiger partial charge is 0.459 e. The van der Waals surface area contributed by atoms with E-state index in [0.717, 1.165) is 54.8 Å². The van der Waals surface area contributed by atoms with Gasteiger partial charge < -0.3 is 4.74 Å². The van der Waals surface area contributed by atoms with Crippen molar-refractivity contribution in [2.45, 2.75) is 118 Å². The second-order valence-electron chi connectivity index (χ2n) is 16.2.